The molecule has 0 saturated carbocycles. The minimum absolute atomic E-state index is 0.217. The minimum Gasteiger partial charge on any atom is -0.487 e. The quantitative estimate of drug-likeness (QED) is 0.273. The summed E-state index contributed by atoms with van der Waals surface area (Å²) in [6, 6.07) is 21.8. The van der Waals surface area contributed by atoms with Crippen molar-refractivity contribution >= 4 is 34.0 Å². The Balaban J connectivity index is 1.19. The van der Waals surface area contributed by atoms with Crippen LogP contribution in [0.2, 0.25) is 5.02 Å². The van der Waals surface area contributed by atoms with Gasteiger partial charge in [-0.1, -0.05) is 23.7 Å². The van der Waals surface area contributed by atoms with Crippen molar-refractivity contribution in [1.29, 1.82) is 0 Å². The monoisotopic (exact) mass is 544 g/mol. The predicted molar refractivity (Wildman–Crippen MR) is 150 cm³/mol. The molecule has 7 nitrogen and oxygen atoms in total. The highest BCUT2D eigenvalue weighted by Crippen LogP contribution is 2.33. The van der Waals surface area contributed by atoms with Crippen LogP contribution in [0.15, 0.2) is 83.5 Å². The number of hydrogen-bond acceptors (Lipinski definition) is 6. The van der Waals surface area contributed by atoms with Gasteiger partial charge >= 0.3 is 0 Å². The molecule has 1 aliphatic rings. The van der Waals surface area contributed by atoms with Crippen LogP contribution in [0.25, 0.3) is 22.2 Å². The molecule has 0 amide bonds. The number of anilines is 2. The van der Waals surface area contributed by atoms with Gasteiger partial charge in [-0.25, -0.2) is 14.4 Å². The maximum absolute atomic E-state index is 13.4. The van der Waals surface area contributed by atoms with Crippen LogP contribution in [0.1, 0.15) is 11.3 Å². The summed E-state index contributed by atoms with van der Waals surface area (Å²) in [6.45, 7) is 5.44. The number of halogens is 2. The molecular formula is C30H28ClFN5O2+. The summed E-state index contributed by atoms with van der Waals surface area (Å²) < 4.78 is 25.4. The lowest BCUT2D eigenvalue weighted by molar-refractivity contribution is -0.663. The standard InChI is InChI=1S/C30H27ClFN5O2/c31-26-16-23(5-8-29(26)38-18-20-2-1-3-22(32)14-20)36-30-25-15-21(4-7-27(25)34-19-35-30)28-9-6-24(39-28)17-37-12-10-33-11-13-37/h1-9,14-16,19,33H,10-13,17-18H2,(H,34,35,36)/p+1. The fourth-order valence-electron chi connectivity index (χ4n) is 4.73. The lowest BCUT2D eigenvalue weighted by atomic mass is 10.1. The summed E-state index contributed by atoms with van der Waals surface area (Å²) in [5.41, 5.74) is 3.25. The summed E-state index contributed by atoms with van der Waals surface area (Å²) in [7, 11) is 0. The summed E-state index contributed by atoms with van der Waals surface area (Å²) in [5.74, 6) is 2.64. The maximum atomic E-state index is 13.4. The fourth-order valence-corrected chi connectivity index (χ4v) is 4.97. The Morgan fingerprint density at radius 1 is 1.00 bits per heavy atom. The van der Waals surface area contributed by atoms with Crippen molar-refractivity contribution < 1.29 is 18.9 Å². The molecule has 3 aromatic carbocycles. The van der Waals surface area contributed by atoms with Gasteiger partial charge in [0.15, 0.2) is 0 Å². The second-order valence-electron chi connectivity index (χ2n) is 9.55. The van der Waals surface area contributed by atoms with Gasteiger partial charge < -0.3 is 19.8 Å². The number of piperazine rings is 1. The van der Waals surface area contributed by atoms with E-state index >= 15 is 0 Å². The number of nitrogens with two attached hydrogens (primary N) is 1. The molecule has 6 rings (SSSR count). The molecule has 1 saturated heterocycles. The Hall–Kier alpha value is -3.98. The van der Waals surface area contributed by atoms with Crippen LogP contribution in [0.3, 0.4) is 0 Å². The van der Waals surface area contributed by atoms with Gasteiger partial charge in [0.1, 0.15) is 41.8 Å². The van der Waals surface area contributed by atoms with Crippen molar-refractivity contribution in [2.75, 3.05) is 31.5 Å². The SMILES string of the molecule is Fc1cccc(COc2ccc(Nc3ncnc4ccc(-c5ccc(CN6CC[NH2+]CC6)o5)cc34)cc2Cl)c1. The number of nitrogens with zero attached hydrogens (tertiary/aromatic N) is 3. The number of quaternary nitrogens is 1. The Kier molecular flexibility index (Phi) is 7.40. The summed E-state index contributed by atoms with van der Waals surface area (Å²) >= 11 is 6.50. The van der Waals surface area contributed by atoms with Crippen LogP contribution in [-0.4, -0.2) is 41.0 Å². The van der Waals surface area contributed by atoms with E-state index < -0.39 is 0 Å². The number of hydrogen-bond donors (Lipinski definition) is 2. The molecule has 9 heteroatoms. The van der Waals surface area contributed by atoms with E-state index in [2.05, 4.69) is 31.6 Å². The number of rotatable bonds is 8. The topological polar surface area (TPSA) is 80.0 Å². The molecule has 5 aromatic rings. The average Bonchev–Trinajstić information content (AvgIpc) is 3.42. The van der Waals surface area contributed by atoms with E-state index in [9.17, 15) is 4.39 Å². The third-order valence-electron chi connectivity index (χ3n) is 6.74. The number of nitrogens with one attached hydrogen (secondary N) is 1. The molecule has 0 bridgehead atoms. The highest BCUT2D eigenvalue weighted by molar-refractivity contribution is 6.32. The van der Waals surface area contributed by atoms with E-state index in [4.69, 9.17) is 20.8 Å². The lowest BCUT2D eigenvalue weighted by Crippen LogP contribution is -2.89. The van der Waals surface area contributed by atoms with E-state index in [1.54, 1.807) is 24.3 Å². The molecule has 3 N–H and O–H groups in total. The minimum atomic E-state index is -0.300. The van der Waals surface area contributed by atoms with Crippen molar-refractivity contribution in [1.82, 2.24) is 14.9 Å². The lowest BCUT2D eigenvalue weighted by Gasteiger charge is -2.23. The van der Waals surface area contributed by atoms with E-state index in [1.165, 1.54) is 18.5 Å². The van der Waals surface area contributed by atoms with Gasteiger partial charge in [0.2, 0.25) is 0 Å². The summed E-state index contributed by atoms with van der Waals surface area (Å²) in [5, 5.41) is 7.00. The largest absolute Gasteiger partial charge is 0.487 e. The van der Waals surface area contributed by atoms with E-state index in [-0.39, 0.29) is 12.4 Å². The number of furan rings is 1. The highest BCUT2D eigenvalue weighted by Gasteiger charge is 2.15. The first-order valence-electron chi connectivity index (χ1n) is 12.9. The van der Waals surface area contributed by atoms with Crippen molar-refractivity contribution in [3.63, 3.8) is 0 Å². The van der Waals surface area contributed by atoms with Crippen molar-refractivity contribution in [2.45, 2.75) is 13.2 Å². The Morgan fingerprint density at radius 2 is 1.90 bits per heavy atom. The molecule has 2 aromatic heterocycles. The molecule has 0 unspecified atom stereocenters. The van der Waals surface area contributed by atoms with Crippen LogP contribution in [0.5, 0.6) is 5.75 Å². The molecule has 1 aliphatic heterocycles. The first kappa shape index (κ1) is 25.3. The fraction of sp³-hybridized carbons (Fsp3) is 0.200. The van der Waals surface area contributed by atoms with Crippen molar-refractivity contribution in [2.24, 2.45) is 0 Å². The molecule has 198 valence electrons. The Labute approximate surface area is 230 Å². The van der Waals surface area contributed by atoms with Crippen molar-refractivity contribution in [3.8, 4) is 17.1 Å². The smallest absolute Gasteiger partial charge is 0.141 e. The van der Waals surface area contributed by atoms with Gasteiger partial charge in [-0.3, -0.25) is 4.90 Å². The zero-order valence-corrected chi connectivity index (χ0v) is 22.0. The molecule has 39 heavy (non-hydrogen) atoms. The molecule has 3 heterocycles. The van der Waals surface area contributed by atoms with Gasteiger partial charge in [-0.15, -0.1) is 0 Å². The normalized spacial score (nSPS) is 14.0. The zero-order chi connectivity index (χ0) is 26.6. The highest BCUT2D eigenvalue weighted by atomic mass is 35.5. The third kappa shape index (κ3) is 6.04. The van der Waals surface area contributed by atoms with Gasteiger partial charge in [0, 0.05) is 29.7 Å². The molecule has 0 spiro atoms. The predicted octanol–water partition coefficient (Wildman–Crippen LogP) is 5.38. The van der Waals surface area contributed by atoms with E-state index in [1.807, 2.05) is 30.3 Å². The second kappa shape index (κ2) is 11.4. The summed E-state index contributed by atoms with van der Waals surface area (Å²) in [4.78, 5) is 11.3. The molecule has 0 aliphatic carbocycles. The Morgan fingerprint density at radius 3 is 2.74 bits per heavy atom. The van der Waals surface area contributed by atoms with Crippen LogP contribution < -0.4 is 15.4 Å². The molecule has 0 radical (unpaired) electrons. The molecular weight excluding hydrogens is 517 g/mol. The number of benzene rings is 3. The first-order chi connectivity index (χ1) is 19.1. The van der Waals surface area contributed by atoms with Crippen LogP contribution in [-0.2, 0) is 13.2 Å². The maximum Gasteiger partial charge on any atom is 0.141 e. The number of fused-ring (bicyclic) bond motifs is 1. The van der Waals surface area contributed by atoms with E-state index in [0.29, 0.717) is 16.6 Å². The number of ether oxygens (including phenoxy) is 1. The van der Waals surface area contributed by atoms with Crippen LogP contribution in [0, 0.1) is 5.82 Å². The van der Waals surface area contributed by atoms with Gasteiger partial charge in [-0.2, -0.15) is 0 Å². The number of aromatic nitrogens is 2. The first-order valence-corrected chi connectivity index (χ1v) is 13.3. The third-order valence-corrected chi connectivity index (χ3v) is 7.03. The average molecular weight is 545 g/mol. The van der Waals surface area contributed by atoms with Crippen LogP contribution in [0.4, 0.5) is 15.9 Å². The van der Waals surface area contributed by atoms with Crippen LogP contribution >= 0.6 is 11.6 Å². The van der Waals surface area contributed by atoms with E-state index in [0.717, 1.165) is 72.0 Å². The molecule has 0 atom stereocenters. The van der Waals surface area contributed by atoms with Gasteiger partial charge in [-0.05, 0) is 66.2 Å². The summed E-state index contributed by atoms with van der Waals surface area (Å²) in [6.07, 6.45) is 1.53. The van der Waals surface area contributed by atoms with Gasteiger partial charge in [0.05, 0.1) is 30.2 Å². The second-order valence-corrected chi connectivity index (χ2v) is 9.96. The zero-order valence-electron chi connectivity index (χ0n) is 21.2. The molecule has 1 fully saturated rings. The Bertz CT molecular complexity index is 1600. The van der Waals surface area contributed by atoms with Gasteiger partial charge in [0.25, 0.3) is 0 Å². The van der Waals surface area contributed by atoms with Crippen molar-refractivity contribution in [3.05, 3.63) is 101 Å².